The summed E-state index contributed by atoms with van der Waals surface area (Å²) in [7, 11) is -2.01. The number of rotatable bonds is 4. The van der Waals surface area contributed by atoms with E-state index >= 15 is 0 Å². The van der Waals surface area contributed by atoms with Crippen molar-refractivity contribution < 1.29 is 13.2 Å². The fourth-order valence-electron chi connectivity index (χ4n) is 2.65. The maximum atomic E-state index is 12.5. The Morgan fingerprint density at radius 2 is 1.86 bits per heavy atom. The lowest BCUT2D eigenvalue weighted by Crippen LogP contribution is -2.34. The second-order valence-corrected chi connectivity index (χ2v) is 8.36. The summed E-state index contributed by atoms with van der Waals surface area (Å²) in [6.45, 7) is 1.73. The molecule has 5 nitrogen and oxygen atoms in total. The van der Waals surface area contributed by atoms with Crippen LogP contribution in [0.4, 0.5) is 0 Å². The maximum absolute atomic E-state index is 12.5. The zero-order valence-corrected chi connectivity index (χ0v) is 14.1. The molecule has 2 rings (SSSR count). The second-order valence-electron chi connectivity index (χ2n) is 5.42. The van der Waals surface area contributed by atoms with Crippen LogP contribution in [0.3, 0.4) is 0 Å². The fraction of sp³-hybridized carbons (Fsp3) is 0.643. The van der Waals surface area contributed by atoms with Gasteiger partial charge in [-0.1, -0.05) is 25.7 Å². The normalized spacial score (nSPS) is 17.4. The highest BCUT2D eigenvalue weighted by molar-refractivity contribution is 7.89. The maximum Gasteiger partial charge on any atom is 0.261 e. The molecule has 1 aromatic rings. The Bertz CT molecular complexity index is 600. The van der Waals surface area contributed by atoms with E-state index in [-0.39, 0.29) is 16.8 Å². The smallest absolute Gasteiger partial charge is 0.261 e. The molecule has 1 saturated carbocycles. The summed E-state index contributed by atoms with van der Waals surface area (Å²) >= 11 is 1.21. The number of carbonyl (C=O) groups is 1. The molecule has 0 spiro atoms. The molecule has 7 heteroatoms. The average Bonchev–Trinajstić information content (AvgIpc) is 2.66. The molecule has 1 amide bonds. The van der Waals surface area contributed by atoms with Crippen LogP contribution in [-0.2, 0) is 10.0 Å². The lowest BCUT2D eigenvalue weighted by atomic mass is 10.1. The Balaban J connectivity index is 2.18. The molecule has 2 N–H and O–H groups in total. The molecule has 118 valence electrons. The van der Waals surface area contributed by atoms with Crippen LogP contribution in [0.2, 0.25) is 0 Å². The van der Waals surface area contributed by atoms with E-state index < -0.39 is 10.0 Å². The summed E-state index contributed by atoms with van der Waals surface area (Å²) in [5, 5.41) is 2.52. The molecule has 0 aliphatic heterocycles. The number of amides is 1. The highest BCUT2D eigenvalue weighted by Crippen LogP contribution is 2.27. The Kier molecular flexibility index (Phi) is 5.40. The van der Waals surface area contributed by atoms with Crippen LogP contribution in [0, 0.1) is 6.92 Å². The molecule has 1 heterocycles. The van der Waals surface area contributed by atoms with Gasteiger partial charge in [-0.25, -0.2) is 13.1 Å². The first-order chi connectivity index (χ1) is 9.94. The number of carbonyl (C=O) groups excluding carboxylic acids is 1. The van der Waals surface area contributed by atoms with Gasteiger partial charge in [-0.3, -0.25) is 4.79 Å². The van der Waals surface area contributed by atoms with E-state index in [2.05, 4.69) is 10.0 Å². The molecule has 0 saturated heterocycles. The molecule has 1 aliphatic carbocycles. The topological polar surface area (TPSA) is 75.3 Å². The third-order valence-corrected chi connectivity index (χ3v) is 6.61. The predicted octanol–water partition coefficient (Wildman–Crippen LogP) is 2.42. The van der Waals surface area contributed by atoms with Gasteiger partial charge in [0.15, 0.2) is 0 Å². The first kappa shape index (κ1) is 16.5. The molecule has 21 heavy (non-hydrogen) atoms. The van der Waals surface area contributed by atoms with Crippen LogP contribution in [0.15, 0.2) is 11.0 Å². The Labute approximate surface area is 130 Å². The van der Waals surface area contributed by atoms with E-state index in [1.165, 1.54) is 37.3 Å². The van der Waals surface area contributed by atoms with Gasteiger partial charge in [0.2, 0.25) is 10.0 Å². The van der Waals surface area contributed by atoms with Crippen molar-refractivity contribution >= 4 is 27.3 Å². The zero-order valence-electron chi connectivity index (χ0n) is 12.4. The minimum Gasteiger partial charge on any atom is -0.354 e. The van der Waals surface area contributed by atoms with Gasteiger partial charge in [0.05, 0.1) is 9.77 Å². The highest BCUT2D eigenvalue weighted by Gasteiger charge is 2.25. The van der Waals surface area contributed by atoms with Gasteiger partial charge in [0.1, 0.15) is 0 Å². The Morgan fingerprint density at radius 1 is 1.24 bits per heavy atom. The number of hydrogen-bond donors (Lipinski definition) is 2. The summed E-state index contributed by atoms with van der Waals surface area (Å²) in [4.78, 5) is 12.9. The van der Waals surface area contributed by atoms with Crippen molar-refractivity contribution in [1.82, 2.24) is 10.0 Å². The van der Waals surface area contributed by atoms with Crippen LogP contribution in [0.5, 0.6) is 0 Å². The minimum atomic E-state index is -3.55. The van der Waals surface area contributed by atoms with Crippen molar-refractivity contribution in [3.63, 3.8) is 0 Å². The zero-order chi connectivity index (χ0) is 15.5. The summed E-state index contributed by atoms with van der Waals surface area (Å²) in [6.07, 6.45) is 6.28. The van der Waals surface area contributed by atoms with Crippen LogP contribution in [0.1, 0.15) is 53.1 Å². The molecule has 0 atom stereocenters. The van der Waals surface area contributed by atoms with Crippen LogP contribution >= 0.6 is 11.3 Å². The summed E-state index contributed by atoms with van der Waals surface area (Å²) in [5.41, 5.74) is 0. The highest BCUT2D eigenvalue weighted by atomic mass is 32.2. The molecule has 1 aliphatic rings. The van der Waals surface area contributed by atoms with E-state index in [1.807, 2.05) is 0 Å². The molecular formula is C14H22N2O3S2. The number of sulfonamides is 1. The van der Waals surface area contributed by atoms with Gasteiger partial charge in [-0.15, -0.1) is 11.3 Å². The number of hydrogen-bond acceptors (Lipinski definition) is 4. The van der Waals surface area contributed by atoms with E-state index in [9.17, 15) is 13.2 Å². The molecule has 1 fully saturated rings. The van der Waals surface area contributed by atoms with Crippen molar-refractivity contribution in [1.29, 1.82) is 0 Å². The summed E-state index contributed by atoms with van der Waals surface area (Å²) in [6, 6.07) is 1.48. The number of aryl methyl sites for hydroxylation is 1. The third-order valence-electron chi connectivity index (χ3n) is 3.79. The molecule has 0 aromatic carbocycles. The van der Waals surface area contributed by atoms with E-state index in [1.54, 1.807) is 6.92 Å². The van der Waals surface area contributed by atoms with Crippen LogP contribution < -0.4 is 10.0 Å². The SMILES string of the molecule is CNC(=O)c1cc(S(=O)(=O)NC2CCCCCC2)c(C)s1. The molecule has 0 radical (unpaired) electrons. The Hall–Kier alpha value is -0.920. The van der Waals surface area contributed by atoms with Crippen LogP contribution in [-0.4, -0.2) is 27.4 Å². The third kappa shape index (κ3) is 4.05. The van der Waals surface area contributed by atoms with Crippen molar-refractivity contribution in [2.45, 2.75) is 56.4 Å². The van der Waals surface area contributed by atoms with Crippen molar-refractivity contribution in [2.24, 2.45) is 0 Å². The first-order valence-electron chi connectivity index (χ1n) is 7.29. The number of thiophene rings is 1. The standard InChI is InChI=1S/C14H22N2O3S2/c1-10-13(9-12(20-10)14(17)15-2)21(18,19)16-11-7-5-3-4-6-8-11/h9,11,16H,3-8H2,1-2H3,(H,15,17). The van der Waals surface area contributed by atoms with Gasteiger partial charge in [-0.2, -0.15) is 0 Å². The number of nitrogens with one attached hydrogen (secondary N) is 2. The van der Waals surface area contributed by atoms with Crippen molar-refractivity contribution in [3.8, 4) is 0 Å². The predicted molar refractivity (Wildman–Crippen MR) is 84.3 cm³/mol. The second kappa shape index (κ2) is 6.89. The van der Waals surface area contributed by atoms with E-state index in [0.717, 1.165) is 25.7 Å². The van der Waals surface area contributed by atoms with Gasteiger partial charge < -0.3 is 5.32 Å². The first-order valence-corrected chi connectivity index (χ1v) is 9.59. The average molecular weight is 330 g/mol. The lowest BCUT2D eigenvalue weighted by molar-refractivity contribution is 0.0967. The van der Waals surface area contributed by atoms with Gasteiger partial charge in [0, 0.05) is 18.0 Å². The molecular weight excluding hydrogens is 308 g/mol. The summed E-state index contributed by atoms with van der Waals surface area (Å²) < 4.78 is 27.9. The Morgan fingerprint density at radius 3 is 2.43 bits per heavy atom. The van der Waals surface area contributed by atoms with Gasteiger partial charge in [-0.05, 0) is 25.8 Å². The van der Waals surface area contributed by atoms with Crippen molar-refractivity contribution in [2.75, 3.05) is 7.05 Å². The van der Waals surface area contributed by atoms with E-state index in [0.29, 0.717) is 9.75 Å². The largest absolute Gasteiger partial charge is 0.354 e. The molecule has 0 bridgehead atoms. The monoisotopic (exact) mass is 330 g/mol. The molecule has 0 unspecified atom stereocenters. The fourth-order valence-corrected chi connectivity index (χ4v) is 5.49. The van der Waals surface area contributed by atoms with Gasteiger partial charge >= 0.3 is 0 Å². The minimum absolute atomic E-state index is 0.0141. The summed E-state index contributed by atoms with van der Waals surface area (Å²) in [5.74, 6) is -0.251. The lowest BCUT2D eigenvalue weighted by Gasteiger charge is -2.16. The van der Waals surface area contributed by atoms with Gasteiger partial charge in [0.25, 0.3) is 5.91 Å². The molecule has 1 aromatic heterocycles. The van der Waals surface area contributed by atoms with Crippen molar-refractivity contribution in [3.05, 3.63) is 15.8 Å². The van der Waals surface area contributed by atoms with Crippen LogP contribution in [0.25, 0.3) is 0 Å². The van der Waals surface area contributed by atoms with E-state index in [4.69, 9.17) is 0 Å². The quantitative estimate of drug-likeness (QED) is 0.833.